The van der Waals surface area contributed by atoms with Gasteiger partial charge in [0.25, 0.3) is 0 Å². The standard InChI is InChI=1S/C17H20N2O2/c20-12-11-19(14-16-5-2-1-3-6-16)17(21)9-8-15-7-4-10-18-13-15/h1-7,10,13,20H,8-9,11-12,14H2. The Kier molecular flexibility index (Phi) is 5.91. The fourth-order valence-electron chi connectivity index (χ4n) is 2.17. The molecule has 0 saturated carbocycles. The number of rotatable bonds is 7. The van der Waals surface area contributed by atoms with Gasteiger partial charge in [0.1, 0.15) is 0 Å². The molecule has 1 aromatic carbocycles. The molecule has 0 atom stereocenters. The van der Waals surface area contributed by atoms with Gasteiger partial charge in [-0.1, -0.05) is 36.4 Å². The fourth-order valence-corrected chi connectivity index (χ4v) is 2.17. The highest BCUT2D eigenvalue weighted by Gasteiger charge is 2.13. The number of hydrogen-bond donors (Lipinski definition) is 1. The van der Waals surface area contributed by atoms with Gasteiger partial charge in [-0.15, -0.1) is 0 Å². The lowest BCUT2D eigenvalue weighted by Gasteiger charge is -2.22. The van der Waals surface area contributed by atoms with E-state index in [0.717, 1.165) is 11.1 Å². The Morgan fingerprint density at radius 3 is 2.52 bits per heavy atom. The van der Waals surface area contributed by atoms with Gasteiger partial charge in [-0.25, -0.2) is 0 Å². The molecule has 0 unspecified atom stereocenters. The van der Waals surface area contributed by atoms with Crippen LogP contribution in [-0.2, 0) is 17.8 Å². The Morgan fingerprint density at radius 1 is 1.10 bits per heavy atom. The molecule has 2 aromatic rings. The van der Waals surface area contributed by atoms with E-state index in [2.05, 4.69) is 4.98 Å². The number of aliphatic hydroxyl groups excluding tert-OH is 1. The molecule has 0 radical (unpaired) electrons. The number of hydrogen-bond acceptors (Lipinski definition) is 3. The van der Waals surface area contributed by atoms with Crippen LogP contribution in [0.2, 0.25) is 0 Å². The van der Waals surface area contributed by atoms with Crippen molar-refractivity contribution in [1.82, 2.24) is 9.88 Å². The van der Waals surface area contributed by atoms with Crippen LogP contribution in [0.25, 0.3) is 0 Å². The molecule has 1 aromatic heterocycles. The number of benzene rings is 1. The van der Waals surface area contributed by atoms with Crippen LogP contribution in [0.4, 0.5) is 0 Å². The maximum Gasteiger partial charge on any atom is 0.223 e. The number of carbonyl (C=O) groups excluding carboxylic acids is 1. The third kappa shape index (κ3) is 5.00. The summed E-state index contributed by atoms with van der Waals surface area (Å²) in [4.78, 5) is 18.1. The van der Waals surface area contributed by atoms with E-state index in [1.54, 1.807) is 17.3 Å². The number of aryl methyl sites for hydroxylation is 1. The minimum atomic E-state index is -0.0224. The molecule has 0 spiro atoms. The summed E-state index contributed by atoms with van der Waals surface area (Å²) in [6.45, 7) is 0.875. The SMILES string of the molecule is O=C(CCc1cccnc1)N(CCO)Cc1ccccc1. The molecule has 0 aliphatic carbocycles. The lowest BCUT2D eigenvalue weighted by Crippen LogP contribution is -2.33. The molecule has 0 aliphatic rings. The second kappa shape index (κ2) is 8.17. The van der Waals surface area contributed by atoms with Gasteiger partial charge in [0, 0.05) is 31.9 Å². The quantitative estimate of drug-likeness (QED) is 0.846. The van der Waals surface area contributed by atoms with E-state index in [9.17, 15) is 4.79 Å². The molecular formula is C17H20N2O2. The number of pyridine rings is 1. The minimum Gasteiger partial charge on any atom is -0.395 e. The summed E-state index contributed by atoms with van der Waals surface area (Å²) in [5, 5.41) is 9.14. The van der Waals surface area contributed by atoms with Crippen LogP contribution in [0.15, 0.2) is 54.9 Å². The van der Waals surface area contributed by atoms with E-state index < -0.39 is 0 Å². The highest BCUT2D eigenvalue weighted by Crippen LogP contribution is 2.08. The topological polar surface area (TPSA) is 53.4 Å². The lowest BCUT2D eigenvalue weighted by molar-refractivity contribution is -0.132. The predicted molar refractivity (Wildman–Crippen MR) is 81.5 cm³/mol. The van der Waals surface area contributed by atoms with Gasteiger partial charge in [0.15, 0.2) is 0 Å². The third-order valence-corrected chi connectivity index (χ3v) is 3.29. The molecule has 1 N–H and O–H groups in total. The van der Waals surface area contributed by atoms with Crippen molar-refractivity contribution in [3.63, 3.8) is 0 Å². The van der Waals surface area contributed by atoms with E-state index in [4.69, 9.17) is 5.11 Å². The molecule has 0 bridgehead atoms. The zero-order chi connectivity index (χ0) is 14.9. The van der Waals surface area contributed by atoms with Crippen LogP contribution in [-0.4, -0.2) is 34.0 Å². The smallest absolute Gasteiger partial charge is 0.223 e. The molecule has 21 heavy (non-hydrogen) atoms. The zero-order valence-electron chi connectivity index (χ0n) is 12.0. The molecule has 4 heteroatoms. The van der Waals surface area contributed by atoms with Gasteiger partial charge >= 0.3 is 0 Å². The summed E-state index contributed by atoms with van der Waals surface area (Å²) in [5.41, 5.74) is 2.12. The number of amides is 1. The van der Waals surface area contributed by atoms with E-state index in [1.807, 2.05) is 42.5 Å². The van der Waals surface area contributed by atoms with E-state index in [1.165, 1.54) is 0 Å². The van der Waals surface area contributed by atoms with Crippen LogP contribution in [0, 0.1) is 0 Å². The summed E-state index contributed by atoms with van der Waals surface area (Å²) in [5.74, 6) is 0.0526. The second-order valence-electron chi connectivity index (χ2n) is 4.89. The normalized spacial score (nSPS) is 10.3. The molecule has 2 rings (SSSR count). The largest absolute Gasteiger partial charge is 0.395 e. The van der Waals surface area contributed by atoms with Gasteiger partial charge < -0.3 is 10.0 Å². The first-order valence-corrected chi connectivity index (χ1v) is 7.11. The summed E-state index contributed by atoms with van der Waals surface area (Å²) >= 11 is 0. The van der Waals surface area contributed by atoms with Crippen molar-refractivity contribution >= 4 is 5.91 Å². The highest BCUT2D eigenvalue weighted by molar-refractivity contribution is 5.76. The molecule has 0 saturated heterocycles. The maximum atomic E-state index is 12.3. The van der Waals surface area contributed by atoms with E-state index >= 15 is 0 Å². The van der Waals surface area contributed by atoms with Crippen LogP contribution >= 0.6 is 0 Å². The van der Waals surface area contributed by atoms with Crippen molar-refractivity contribution in [3.05, 3.63) is 66.0 Å². The number of nitrogens with zero attached hydrogens (tertiary/aromatic N) is 2. The Balaban J connectivity index is 1.92. The first kappa shape index (κ1) is 15.2. The van der Waals surface area contributed by atoms with Gasteiger partial charge in [-0.2, -0.15) is 0 Å². The van der Waals surface area contributed by atoms with E-state index in [0.29, 0.717) is 25.9 Å². The highest BCUT2D eigenvalue weighted by atomic mass is 16.3. The number of aliphatic hydroxyl groups is 1. The van der Waals surface area contributed by atoms with Gasteiger partial charge in [-0.05, 0) is 23.6 Å². The zero-order valence-corrected chi connectivity index (χ0v) is 12.0. The van der Waals surface area contributed by atoms with Crippen molar-refractivity contribution in [2.24, 2.45) is 0 Å². The first-order chi connectivity index (χ1) is 10.3. The van der Waals surface area contributed by atoms with Gasteiger partial charge in [0.05, 0.1) is 6.61 Å². The molecule has 0 aliphatic heterocycles. The lowest BCUT2D eigenvalue weighted by atomic mass is 10.1. The fraction of sp³-hybridized carbons (Fsp3) is 0.294. The molecule has 4 nitrogen and oxygen atoms in total. The minimum absolute atomic E-state index is 0.0224. The Morgan fingerprint density at radius 2 is 1.86 bits per heavy atom. The average Bonchev–Trinajstić information content (AvgIpc) is 2.54. The molecule has 0 fully saturated rings. The summed E-state index contributed by atoms with van der Waals surface area (Å²) in [7, 11) is 0. The van der Waals surface area contributed by atoms with Crippen LogP contribution < -0.4 is 0 Å². The van der Waals surface area contributed by atoms with Gasteiger partial charge in [-0.3, -0.25) is 9.78 Å². The number of carbonyl (C=O) groups is 1. The summed E-state index contributed by atoms with van der Waals surface area (Å²) in [6, 6.07) is 13.7. The predicted octanol–water partition coefficient (Wildman–Crippen LogP) is 2.04. The van der Waals surface area contributed by atoms with Crippen molar-refractivity contribution in [1.29, 1.82) is 0 Å². The third-order valence-electron chi connectivity index (χ3n) is 3.29. The van der Waals surface area contributed by atoms with Crippen LogP contribution in [0.3, 0.4) is 0 Å². The molecule has 1 heterocycles. The van der Waals surface area contributed by atoms with Crippen LogP contribution in [0.5, 0.6) is 0 Å². The van der Waals surface area contributed by atoms with Crippen molar-refractivity contribution < 1.29 is 9.90 Å². The van der Waals surface area contributed by atoms with Gasteiger partial charge in [0.2, 0.25) is 5.91 Å². The van der Waals surface area contributed by atoms with Crippen LogP contribution in [0.1, 0.15) is 17.5 Å². The van der Waals surface area contributed by atoms with E-state index in [-0.39, 0.29) is 12.5 Å². The van der Waals surface area contributed by atoms with Crippen molar-refractivity contribution in [2.75, 3.05) is 13.2 Å². The Labute approximate surface area is 125 Å². The second-order valence-corrected chi connectivity index (χ2v) is 4.89. The average molecular weight is 284 g/mol. The Hall–Kier alpha value is -2.20. The first-order valence-electron chi connectivity index (χ1n) is 7.11. The number of aromatic nitrogens is 1. The van der Waals surface area contributed by atoms with Crippen molar-refractivity contribution in [2.45, 2.75) is 19.4 Å². The monoisotopic (exact) mass is 284 g/mol. The molecule has 110 valence electrons. The molecular weight excluding hydrogens is 264 g/mol. The molecule has 1 amide bonds. The maximum absolute atomic E-state index is 12.3. The summed E-state index contributed by atoms with van der Waals surface area (Å²) in [6.07, 6.45) is 4.60. The van der Waals surface area contributed by atoms with Crippen molar-refractivity contribution in [3.8, 4) is 0 Å². The summed E-state index contributed by atoms with van der Waals surface area (Å²) < 4.78 is 0. The Bertz CT molecular complexity index is 543.